The van der Waals surface area contributed by atoms with E-state index in [4.69, 9.17) is 4.74 Å². The average Bonchev–Trinajstić information content (AvgIpc) is 3.11. The van der Waals surface area contributed by atoms with E-state index in [9.17, 15) is 15.3 Å². The molecule has 1 aliphatic rings. The molecule has 0 bridgehead atoms. The predicted octanol–water partition coefficient (Wildman–Crippen LogP) is 0.330. The van der Waals surface area contributed by atoms with Crippen LogP contribution in [0.2, 0.25) is 0 Å². The van der Waals surface area contributed by atoms with E-state index in [1.807, 2.05) is 0 Å². The molecule has 23 heavy (non-hydrogen) atoms. The van der Waals surface area contributed by atoms with Crippen molar-refractivity contribution in [1.29, 1.82) is 0 Å². The maximum atomic E-state index is 10.1. The molecule has 3 N–H and O–H groups in total. The van der Waals surface area contributed by atoms with E-state index in [1.165, 1.54) is 11.0 Å². The highest BCUT2D eigenvalue weighted by atomic mass is 32.2. The Morgan fingerprint density at radius 3 is 2.83 bits per heavy atom. The Kier molecular flexibility index (Phi) is 5.12. The van der Waals surface area contributed by atoms with Crippen LogP contribution in [0, 0.1) is 0 Å². The van der Waals surface area contributed by atoms with Gasteiger partial charge in [0.15, 0.2) is 11.9 Å². The van der Waals surface area contributed by atoms with Crippen molar-refractivity contribution in [3.05, 3.63) is 12.5 Å². The molecule has 126 valence electrons. The van der Waals surface area contributed by atoms with Crippen molar-refractivity contribution in [2.45, 2.75) is 49.3 Å². The van der Waals surface area contributed by atoms with Crippen LogP contribution in [0.5, 0.6) is 0 Å². The topological polar surface area (TPSA) is 114 Å². The second-order valence-electron chi connectivity index (χ2n) is 5.44. The molecular formula is C14H20N4O4S. The molecule has 2 aromatic heterocycles. The molecule has 0 saturated carbocycles. The Morgan fingerprint density at radius 2 is 2.13 bits per heavy atom. The number of hydrogen-bond acceptors (Lipinski definition) is 8. The van der Waals surface area contributed by atoms with Gasteiger partial charge >= 0.3 is 0 Å². The monoisotopic (exact) mass is 340 g/mol. The van der Waals surface area contributed by atoms with Crippen molar-refractivity contribution >= 4 is 22.8 Å². The Labute approximate surface area is 137 Å². The first-order chi connectivity index (χ1) is 11.2. The van der Waals surface area contributed by atoms with Crippen LogP contribution in [0.25, 0.3) is 11.0 Å². The van der Waals surface area contributed by atoms with Crippen LogP contribution < -0.4 is 0 Å². The molecule has 3 heterocycles. The fourth-order valence-electron chi connectivity index (χ4n) is 2.54. The zero-order valence-electron chi connectivity index (χ0n) is 12.7. The van der Waals surface area contributed by atoms with Gasteiger partial charge in [0.25, 0.3) is 0 Å². The maximum Gasteiger partial charge on any atom is 0.181 e. The van der Waals surface area contributed by atoms with E-state index in [0.717, 1.165) is 29.0 Å². The zero-order valence-corrected chi connectivity index (χ0v) is 13.6. The lowest BCUT2D eigenvalue weighted by molar-refractivity contribution is -0.0566. The van der Waals surface area contributed by atoms with Gasteiger partial charge in [0, 0.05) is 0 Å². The summed E-state index contributed by atoms with van der Waals surface area (Å²) < 4.78 is 6.94. The van der Waals surface area contributed by atoms with Crippen LogP contribution in [-0.2, 0) is 4.74 Å². The van der Waals surface area contributed by atoms with E-state index in [1.54, 1.807) is 18.0 Å². The molecule has 2 aromatic rings. The third-order valence-corrected chi connectivity index (χ3v) is 4.94. The molecule has 4 atom stereocenters. The Balaban J connectivity index is 1.90. The first-order valence-corrected chi connectivity index (χ1v) is 8.59. The van der Waals surface area contributed by atoms with Gasteiger partial charge in [-0.25, -0.2) is 14.6 Å². The molecule has 0 aliphatic carbocycles. The van der Waals surface area contributed by atoms with E-state index in [0.29, 0.717) is 5.65 Å². The van der Waals surface area contributed by atoms with Crippen LogP contribution in [0.15, 0.2) is 17.6 Å². The van der Waals surface area contributed by atoms with Crippen molar-refractivity contribution in [2.24, 2.45) is 0 Å². The highest BCUT2D eigenvalue weighted by Crippen LogP contribution is 2.32. The molecule has 8 nitrogen and oxygen atoms in total. The Bertz CT molecular complexity index is 667. The Hall–Kier alpha value is -1.26. The molecule has 1 saturated heterocycles. The summed E-state index contributed by atoms with van der Waals surface area (Å²) in [5, 5.41) is 35.1. The third-order valence-electron chi connectivity index (χ3n) is 3.85. The summed E-state index contributed by atoms with van der Waals surface area (Å²) in [6.07, 6.45) is 1.24. The summed E-state index contributed by atoms with van der Waals surface area (Å²) in [6.45, 7) is 1.76. The van der Waals surface area contributed by atoms with Crippen LogP contribution >= 0.6 is 11.8 Å². The van der Waals surface area contributed by atoms with Gasteiger partial charge in [0.05, 0.1) is 18.2 Å². The molecular weight excluding hydrogens is 320 g/mol. The van der Waals surface area contributed by atoms with E-state index < -0.39 is 24.5 Å². The molecule has 0 aromatic carbocycles. The molecule has 0 radical (unpaired) electrons. The number of ether oxygens (including phenoxy) is 1. The fraction of sp³-hybridized carbons (Fsp3) is 0.643. The number of aliphatic hydroxyl groups excluding tert-OH is 3. The second kappa shape index (κ2) is 7.10. The lowest BCUT2D eigenvalue weighted by atomic mass is 10.1. The third kappa shape index (κ3) is 3.07. The molecule has 3 rings (SSSR count). The summed E-state index contributed by atoms with van der Waals surface area (Å²) in [5.41, 5.74) is 0.536. The number of thioether (sulfide) groups is 1. The number of aromatic nitrogens is 4. The molecule has 0 amide bonds. The van der Waals surface area contributed by atoms with Gasteiger partial charge in [-0.3, -0.25) is 0 Å². The number of hydrogen-bond donors (Lipinski definition) is 3. The van der Waals surface area contributed by atoms with Gasteiger partial charge < -0.3 is 20.1 Å². The van der Waals surface area contributed by atoms with Crippen LogP contribution in [0.3, 0.4) is 0 Å². The molecule has 0 unspecified atom stereocenters. The summed E-state index contributed by atoms with van der Waals surface area (Å²) >= 11 is 1.64. The van der Waals surface area contributed by atoms with Crippen molar-refractivity contribution in [1.82, 2.24) is 19.7 Å². The Morgan fingerprint density at radius 1 is 1.30 bits per heavy atom. The zero-order chi connectivity index (χ0) is 16.4. The van der Waals surface area contributed by atoms with Crippen LogP contribution in [-0.4, -0.2) is 65.7 Å². The lowest BCUT2D eigenvalue weighted by Gasteiger charge is -2.15. The minimum absolute atomic E-state index is 0.374. The highest BCUT2D eigenvalue weighted by Gasteiger charge is 2.44. The highest BCUT2D eigenvalue weighted by molar-refractivity contribution is 7.99. The van der Waals surface area contributed by atoms with Gasteiger partial charge in [0.2, 0.25) is 0 Å². The lowest BCUT2D eigenvalue weighted by Crippen LogP contribution is -2.33. The second-order valence-corrected chi connectivity index (χ2v) is 6.52. The van der Waals surface area contributed by atoms with Crippen molar-refractivity contribution < 1.29 is 20.1 Å². The maximum absolute atomic E-state index is 10.1. The largest absolute Gasteiger partial charge is 0.394 e. The van der Waals surface area contributed by atoms with E-state index in [2.05, 4.69) is 22.0 Å². The number of rotatable bonds is 6. The first-order valence-electron chi connectivity index (χ1n) is 7.60. The molecule has 9 heteroatoms. The molecule has 1 aliphatic heterocycles. The van der Waals surface area contributed by atoms with Crippen molar-refractivity contribution in [3.63, 3.8) is 0 Å². The van der Waals surface area contributed by atoms with Gasteiger partial charge in [0.1, 0.15) is 29.7 Å². The molecule has 0 spiro atoms. The smallest absolute Gasteiger partial charge is 0.181 e. The van der Waals surface area contributed by atoms with Crippen LogP contribution in [0.1, 0.15) is 26.0 Å². The number of nitrogens with zero attached hydrogens (tertiary/aromatic N) is 4. The SMILES string of the molecule is CCCCSc1ncnc2c1cnn2[C@@H]1O[C@H](CO)[C@@H](O)[C@H]1O. The van der Waals surface area contributed by atoms with Crippen molar-refractivity contribution in [3.8, 4) is 0 Å². The average molecular weight is 340 g/mol. The first kappa shape index (κ1) is 16.6. The number of fused-ring (bicyclic) bond motifs is 1. The minimum atomic E-state index is -1.18. The minimum Gasteiger partial charge on any atom is -0.394 e. The summed E-state index contributed by atoms with van der Waals surface area (Å²) in [4.78, 5) is 8.52. The number of unbranched alkanes of at least 4 members (excludes halogenated alkanes) is 1. The normalized spacial score (nSPS) is 27.8. The van der Waals surface area contributed by atoms with Crippen molar-refractivity contribution in [2.75, 3.05) is 12.4 Å². The van der Waals surface area contributed by atoms with E-state index in [-0.39, 0.29) is 6.61 Å². The quantitative estimate of drug-likeness (QED) is 0.392. The standard InChI is InChI=1S/C14H20N4O4S/c1-2-3-4-23-13-8-5-17-18(12(8)15-7-16-13)14-11(21)10(20)9(6-19)22-14/h5,7,9-11,14,19-21H,2-4,6H2,1H3/t9-,10-,11-,14-/m1/s1. The summed E-state index contributed by atoms with van der Waals surface area (Å²) in [5.74, 6) is 0.960. The van der Waals surface area contributed by atoms with Gasteiger partial charge in [-0.15, -0.1) is 11.8 Å². The number of aliphatic hydroxyl groups is 3. The van der Waals surface area contributed by atoms with Gasteiger partial charge in [-0.2, -0.15) is 5.10 Å². The molecule has 1 fully saturated rings. The predicted molar refractivity (Wildman–Crippen MR) is 84.0 cm³/mol. The van der Waals surface area contributed by atoms with Crippen LogP contribution in [0.4, 0.5) is 0 Å². The summed E-state index contributed by atoms with van der Waals surface area (Å²) in [7, 11) is 0. The van der Waals surface area contributed by atoms with E-state index >= 15 is 0 Å². The van der Waals surface area contributed by atoms with Gasteiger partial charge in [-0.05, 0) is 12.2 Å². The fourth-order valence-corrected chi connectivity index (χ4v) is 3.58. The summed E-state index contributed by atoms with van der Waals surface area (Å²) in [6, 6.07) is 0. The van der Waals surface area contributed by atoms with Gasteiger partial charge in [-0.1, -0.05) is 13.3 Å².